The van der Waals surface area contributed by atoms with Crippen molar-refractivity contribution >= 4 is 11.4 Å². The van der Waals surface area contributed by atoms with E-state index in [9.17, 15) is 0 Å². The van der Waals surface area contributed by atoms with Crippen molar-refractivity contribution in [3.63, 3.8) is 0 Å². The average Bonchev–Trinajstić information content (AvgIpc) is 2.43. The van der Waals surface area contributed by atoms with Gasteiger partial charge >= 0.3 is 0 Å². The standard InChI is InChI=1S/C9H14N2O2.C8H16/c1-2-12-6-13-7-3-4-8(10)9(11)5-7;1-8(2)6-4-3-5-7-8/h3-5H,2,6,10-11H2,1H3;3-7H2,1-2H3. The molecule has 1 fully saturated rings. The zero-order valence-electron chi connectivity index (χ0n) is 13.7. The Morgan fingerprint density at radius 2 is 1.71 bits per heavy atom. The molecule has 4 N–H and O–H groups in total. The molecule has 4 heteroatoms. The van der Waals surface area contributed by atoms with E-state index in [-0.39, 0.29) is 6.79 Å². The van der Waals surface area contributed by atoms with Crippen LogP contribution < -0.4 is 16.2 Å². The topological polar surface area (TPSA) is 70.5 Å². The molecule has 0 bridgehead atoms. The summed E-state index contributed by atoms with van der Waals surface area (Å²) < 4.78 is 10.2. The van der Waals surface area contributed by atoms with E-state index < -0.39 is 0 Å². The summed E-state index contributed by atoms with van der Waals surface area (Å²) in [4.78, 5) is 0. The number of rotatable bonds is 4. The van der Waals surface area contributed by atoms with Gasteiger partial charge in [0.2, 0.25) is 0 Å². The van der Waals surface area contributed by atoms with Crippen LogP contribution in [0.5, 0.6) is 5.75 Å². The van der Waals surface area contributed by atoms with Gasteiger partial charge in [-0.2, -0.15) is 0 Å². The van der Waals surface area contributed by atoms with Crippen molar-refractivity contribution in [1.29, 1.82) is 0 Å². The monoisotopic (exact) mass is 294 g/mol. The fraction of sp³-hybridized carbons (Fsp3) is 0.647. The molecule has 0 unspecified atom stereocenters. The first-order valence-corrected chi connectivity index (χ1v) is 7.80. The lowest BCUT2D eigenvalue weighted by Crippen LogP contribution is -2.14. The predicted molar refractivity (Wildman–Crippen MR) is 89.3 cm³/mol. The van der Waals surface area contributed by atoms with Gasteiger partial charge in [-0.1, -0.05) is 33.1 Å². The van der Waals surface area contributed by atoms with E-state index in [4.69, 9.17) is 20.9 Å². The number of benzene rings is 1. The lowest BCUT2D eigenvalue weighted by molar-refractivity contribution is 0.0224. The van der Waals surface area contributed by atoms with Gasteiger partial charge in [-0.25, -0.2) is 0 Å². The zero-order valence-corrected chi connectivity index (χ0v) is 13.7. The number of hydrogen-bond donors (Lipinski definition) is 2. The Balaban J connectivity index is 0.000000235. The highest BCUT2D eigenvalue weighted by atomic mass is 16.7. The van der Waals surface area contributed by atoms with Crippen LogP contribution in [0.25, 0.3) is 0 Å². The fourth-order valence-electron chi connectivity index (χ4n) is 2.34. The molecule has 1 aliphatic rings. The molecule has 1 aromatic carbocycles. The van der Waals surface area contributed by atoms with Gasteiger partial charge in [0.05, 0.1) is 11.4 Å². The Bertz CT molecular complexity index is 411. The second-order valence-electron chi connectivity index (χ2n) is 6.27. The van der Waals surface area contributed by atoms with Crippen LogP contribution >= 0.6 is 0 Å². The van der Waals surface area contributed by atoms with Crippen molar-refractivity contribution in [2.24, 2.45) is 5.41 Å². The van der Waals surface area contributed by atoms with Gasteiger partial charge in [0.25, 0.3) is 0 Å². The number of nitrogen functional groups attached to an aromatic ring is 2. The Kier molecular flexibility index (Phi) is 7.37. The largest absolute Gasteiger partial charge is 0.467 e. The minimum atomic E-state index is 0.236. The van der Waals surface area contributed by atoms with E-state index in [1.165, 1.54) is 32.1 Å². The van der Waals surface area contributed by atoms with Gasteiger partial charge in [0, 0.05) is 12.7 Å². The zero-order chi connectivity index (χ0) is 15.7. The Morgan fingerprint density at radius 3 is 2.19 bits per heavy atom. The van der Waals surface area contributed by atoms with Gasteiger partial charge in [-0.15, -0.1) is 0 Å². The summed E-state index contributed by atoms with van der Waals surface area (Å²) in [5, 5.41) is 0. The van der Waals surface area contributed by atoms with Crippen LogP contribution in [0.4, 0.5) is 11.4 Å². The summed E-state index contributed by atoms with van der Waals surface area (Å²) in [5.74, 6) is 0.667. The Hall–Kier alpha value is -1.42. The van der Waals surface area contributed by atoms with Crippen molar-refractivity contribution in [1.82, 2.24) is 0 Å². The minimum absolute atomic E-state index is 0.236. The summed E-state index contributed by atoms with van der Waals surface area (Å²) in [6.07, 6.45) is 7.31. The first kappa shape index (κ1) is 17.6. The molecule has 0 aliphatic heterocycles. The normalized spacial score (nSPS) is 16.7. The molecular formula is C17H30N2O2. The second kappa shape index (κ2) is 8.78. The predicted octanol–water partition coefficient (Wildman–Crippen LogP) is 4.20. The van der Waals surface area contributed by atoms with E-state index >= 15 is 0 Å². The lowest BCUT2D eigenvalue weighted by Gasteiger charge is -2.28. The molecule has 2 rings (SSSR count). The highest BCUT2D eigenvalue weighted by Gasteiger charge is 2.19. The molecule has 21 heavy (non-hydrogen) atoms. The molecule has 0 saturated heterocycles. The molecule has 120 valence electrons. The molecule has 0 heterocycles. The third-order valence-electron chi connectivity index (χ3n) is 3.78. The second-order valence-corrected chi connectivity index (χ2v) is 6.27. The van der Waals surface area contributed by atoms with Crippen LogP contribution in [-0.4, -0.2) is 13.4 Å². The first-order valence-electron chi connectivity index (χ1n) is 7.80. The maximum Gasteiger partial charge on any atom is 0.189 e. The van der Waals surface area contributed by atoms with E-state index in [0.717, 1.165) is 0 Å². The van der Waals surface area contributed by atoms with E-state index in [0.29, 0.717) is 29.1 Å². The molecule has 0 radical (unpaired) electrons. The molecule has 0 aromatic heterocycles. The van der Waals surface area contributed by atoms with Gasteiger partial charge in [-0.3, -0.25) is 0 Å². The number of anilines is 2. The number of ether oxygens (including phenoxy) is 2. The summed E-state index contributed by atoms with van der Waals surface area (Å²) in [6.45, 7) is 7.53. The summed E-state index contributed by atoms with van der Waals surface area (Å²) in [7, 11) is 0. The van der Waals surface area contributed by atoms with Gasteiger partial charge in [0.1, 0.15) is 5.75 Å². The van der Waals surface area contributed by atoms with E-state index in [2.05, 4.69) is 13.8 Å². The molecule has 1 saturated carbocycles. The Labute approximate surface area is 128 Å². The third-order valence-corrected chi connectivity index (χ3v) is 3.78. The van der Waals surface area contributed by atoms with E-state index in [1.807, 2.05) is 6.92 Å². The maximum absolute atomic E-state index is 5.58. The van der Waals surface area contributed by atoms with Crippen molar-refractivity contribution in [2.45, 2.75) is 52.9 Å². The fourth-order valence-corrected chi connectivity index (χ4v) is 2.34. The number of hydrogen-bond acceptors (Lipinski definition) is 4. The van der Waals surface area contributed by atoms with E-state index in [1.54, 1.807) is 18.2 Å². The van der Waals surface area contributed by atoms with Crippen molar-refractivity contribution < 1.29 is 9.47 Å². The summed E-state index contributed by atoms with van der Waals surface area (Å²) >= 11 is 0. The van der Waals surface area contributed by atoms with Crippen molar-refractivity contribution in [3.05, 3.63) is 18.2 Å². The molecule has 0 amide bonds. The molecule has 4 nitrogen and oxygen atoms in total. The van der Waals surface area contributed by atoms with Gasteiger partial charge < -0.3 is 20.9 Å². The van der Waals surface area contributed by atoms with Crippen LogP contribution in [-0.2, 0) is 4.74 Å². The smallest absolute Gasteiger partial charge is 0.189 e. The van der Waals surface area contributed by atoms with Crippen molar-refractivity contribution in [3.8, 4) is 5.75 Å². The highest BCUT2D eigenvalue weighted by molar-refractivity contribution is 5.65. The molecule has 0 spiro atoms. The van der Waals surface area contributed by atoms with Gasteiger partial charge in [0.15, 0.2) is 6.79 Å². The maximum atomic E-state index is 5.58. The van der Waals surface area contributed by atoms with Crippen LogP contribution in [0.3, 0.4) is 0 Å². The molecule has 1 aliphatic carbocycles. The summed E-state index contributed by atoms with van der Waals surface area (Å²) in [5.41, 5.74) is 12.9. The van der Waals surface area contributed by atoms with Crippen molar-refractivity contribution in [2.75, 3.05) is 24.9 Å². The highest BCUT2D eigenvalue weighted by Crippen LogP contribution is 2.34. The number of nitrogens with two attached hydrogens (primary N) is 2. The van der Waals surface area contributed by atoms with Crippen LogP contribution in [0, 0.1) is 5.41 Å². The van der Waals surface area contributed by atoms with Gasteiger partial charge in [-0.05, 0) is 37.3 Å². The molecule has 0 atom stereocenters. The van der Waals surface area contributed by atoms with Crippen LogP contribution in [0.2, 0.25) is 0 Å². The Morgan fingerprint density at radius 1 is 1.05 bits per heavy atom. The molecule has 1 aromatic rings. The third kappa shape index (κ3) is 7.23. The van der Waals surface area contributed by atoms with Crippen LogP contribution in [0.1, 0.15) is 52.9 Å². The molecular weight excluding hydrogens is 264 g/mol. The van der Waals surface area contributed by atoms with Crippen LogP contribution in [0.15, 0.2) is 18.2 Å². The summed E-state index contributed by atoms with van der Waals surface area (Å²) in [6, 6.07) is 5.13. The first-order chi connectivity index (χ1) is 9.94. The minimum Gasteiger partial charge on any atom is -0.467 e. The SMILES string of the molecule is CC1(C)CCCCC1.CCOCOc1ccc(N)c(N)c1. The lowest BCUT2D eigenvalue weighted by atomic mass is 9.78. The average molecular weight is 294 g/mol. The quantitative estimate of drug-likeness (QED) is 0.496.